The van der Waals surface area contributed by atoms with E-state index in [2.05, 4.69) is 0 Å². The number of alkyl halides is 3. The SMILES string of the molecule is O=[N+]([O-])c1ccc(-c2ccc([N+](=O)[O-])c(C(F)(F)F)c2)cc1. The number of non-ortho nitro benzene ring substituents is 1. The van der Waals surface area contributed by atoms with Crippen molar-refractivity contribution in [3.8, 4) is 11.1 Å². The first-order chi connectivity index (χ1) is 10.2. The van der Waals surface area contributed by atoms with Crippen LogP contribution in [0.2, 0.25) is 0 Å². The maximum atomic E-state index is 12.9. The second-order valence-corrected chi connectivity index (χ2v) is 4.29. The molecule has 22 heavy (non-hydrogen) atoms. The molecule has 0 N–H and O–H groups in total. The van der Waals surface area contributed by atoms with Crippen LogP contribution in [0, 0.1) is 20.2 Å². The number of hydrogen-bond acceptors (Lipinski definition) is 4. The molecule has 2 rings (SSSR count). The van der Waals surface area contributed by atoms with Crippen molar-refractivity contribution in [2.75, 3.05) is 0 Å². The number of nitrogens with zero attached hydrogens (tertiary/aromatic N) is 2. The largest absolute Gasteiger partial charge is 0.423 e. The van der Waals surface area contributed by atoms with Gasteiger partial charge in [0.2, 0.25) is 0 Å². The molecule has 0 spiro atoms. The Balaban J connectivity index is 2.53. The van der Waals surface area contributed by atoms with Crippen molar-refractivity contribution in [3.05, 3.63) is 68.3 Å². The molecule has 0 aliphatic heterocycles. The van der Waals surface area contributed by atoms with Gasteiger partial charge in [-0.3, -0.25) is 20.2 Å². The first kappa shape index (κ1) is 15.4. The van der Waals surface area contributed by atoms with Crippen LogP contribution in [-0.2, 0) is 6.18 Å². The summed E-state index contributed by atoms with van der Waals surface area (Å²) < 4.78 is 38.6. The lowest BCUT2D eigenvalue weighted by Crippen LogP contribution is -2.09. The highest BCUT2D eigenvalue weighted by Crippen LogP contribution is 2.38. The fraction of sp³-hybridized carbons (Fsp3) is 0.0769. The highest BCUT2D eigenvalue weighted by molar-refractivity contribution is 5.68. The lowest BCUT2D eigenvalue weighted by atomic mass is 10.0. The first-order valence-corrected chi connectivity index (χ1v) is 5.80. The van der Waals surface area contributed by atoms with Gasteiger partial charge in [0.05, 0.1) is 9.85 Å². The van der Waals surface area contributed by atoms with Gasteiger partial charge in [-0.2, -0.15) is 13.2 Å². The Labute approximate surface area is 121 Å². The number of hydrogen-bond donors (Lipinski definition) is 0. The minimum atomic E-state index is -4.88. The highest BCUT2D eigenvalue weighted by atomic mass is 19.4. The van der Waals surface area contributed by atoms with E-state index >= 15 is 0 Å². The van der Waals surface area contributed by atoms with Gasteiger partial charge in [-0.15, -0.1) is 0 Å². The van der Waals surface area contributed by atoms with E-state index in [9.17, 15) is 33.4 Å². The van der Waals surface area contributed by atoms with E-state index in [1.165, 1.54) is 12.1 Å². The van der Waals surface area contributed by atoms with Gasteiger partial charge in [0.25, 0.3) is 11.4 Å². The van der Waals surface area contributed by atoms with Crippen LogP contribution in [0.3, 0.4) is 0 Å². The van der Waals surface area contributed by atoms with Crippen LogP contribution >= 0.6 is 0 Å². The van der Waals surface area contributed by atoms with E-state index in [4.69, 9.17) is 0 Å². The number of nitro groups is 2. The maximum Gasteiger partial charge on any atom is 0.423 e. The molecule has 0 aliphatic carbocycles. The van der Waals surface area contributed by atoms with Crippen LogP contribution in [0.15, 0.2) is 42.5 Å². The molecule has 9 heteroatoms. The summed E-state index contributed by atoms with van der Waals surface area (Å²) >= 11 is 0. The van der Waals surface area contributed by atoms with Crippen LogP contribution in [0.1, 0.15) is 5.56 Å². The summed E-state index contributed by atoms with van der Waals surface area (Å²) in [4.78, 5) is 19.5. The number of benzene rings is 2. The standard InChI is InChI=1S/C13H7F3N2O4/c14-13(15,16)11-7-9(3-6-12(11)18(21)22)8-1-4-10(5-2-8)17(19)20/h1-7H. The average molecular weight is 312 g/mol. The van der Waals surface area contributed by atoms with Crippen molar-refractivity contribution in [2.45, 2.75) is 6.18 Å². The van der Waals surface area contributed by atoms with Gasteiger partial charge in [0, 0.05) is 18.2 Å². The molecule has 6 nitrogen and oxygen atoms in total. The molecule has 0 saturated carbocycles. The number of rotatable bonds is 3. The van der Waals surface area contributed by atoms with Crippen LogP contribution < -0.4 is 0 Å². The smallest absolute Gasteiger partial charge is 0.258 e. The Morgan fingerprint density at radius 3 is 1.82 bits per heavy atom. The Bertz CT molecular complexity index is 742. The molecular formula is C13H7F3N2O4. The molecular weight excluding hydrogens is 305 g/mol. The monoisotopic (exact) mass is 312 g/mol. The van der Waals surface area contributed by atoms with E-state index in [0.29, 0.717) is 6.07 Å². The van der Waals surface area contributed by atoms with Crippen molar-refractivity contribution in [1.82, 2.24) is 0 Å². The number of halogens is 3. The van der Waals surface area contributed by atoms with E-state index in [-0.39, 0.29) is 16.8 Å². The molecule has 114 valence electrons. The fourth-order valence-electron chi connectivity index (χ4n) is 1.88. The average Bonchev–Trinajstić information content (AvgIpc) is 2.45. The molecule has 0 fully saturated rings. The predicted octanol–water partition coefficient (Wildman–Crippen LogP) is 4.19. The zero-order chi connectivity index (χ0) is 16.5. The van der Waals surface area contributed by atoms with Crippen molar-refractivity contribution < 1.29 is 23.0 Å². The van der Waals surface area contributed by atoms with Crippen molar-refractivity contribution in [1.29, 1.82) is 0 Å². The van der Waals surface area contributed by atoms with E-state index < -0.39 is 27.3 Å². The third-order valence-corrected chi connectivity index (χ3v) is 2.91. The first-order valence-electron chi connectivity index (χ1n) is 5.80. The van der Waals surface area contributed by atoms with Crippen LogP contribution in [0.4, 0.5) is 24.5 Å². The topological polar surface area (TPSA) is 86.3 Å². The van der Waals surface area contributed by atoms with Crippen LogP contribution in [0.25, 0.3) is 11.1 Å². The van der Waals surface area contributed by atoms with E-state index in [1.807, 2.05) is 0 Å². The van der Waals surface area contributed by atoms with Gasteiger partial charge in [0.1, 0.15) is 5.56 Å². The summed E-state index contributed by atoms with van der Waals surface area (Å²) in [5.74, 6) is 0. The molecule has 2 aromatic carbocycles. The quantitative estimate of drug-likeness (QED) is 0.628. The summed E-state index contributed by atoms with van der Waals surface area (Å²) in [5, 5.41) is 21.2. The lowest BCUT2D eigenvalue weighted by molar-refractivity contribution is -0.388. The van der Waals surface area contributed by atoms with E-state index in [0.717, 1.165) is 24.3 Å². The molecule has 0 radical (unpaired) electrons. The third kappa shape index (κ3) is 3.03. The van der Waals surface area contributed by atoms with Crippen molar-refractivity contribution in [3.63, 3.8) is 0 Å². The summed E-state index contributed by atoms with van der Waals surface area (Å²) in [7, 11) is 0. The molecule has 0 atom stereocenters. The van der Waals surface area contributed by atoms with Crippen molar-refractivity contribution >= 4 is 11.4 Å². The second-order valence-electron chi connectivity index (χ2n) is 4.29. The number of nitro benzene ring substituents is 2. The summed E-state index contributed by atoms with van der Waals surface area (Å²) in [5.41, 5.74) is -2.26. The Kier molecular flexibility index (Phi) is 3.81. The molecule has 0 amide bonds. The summed E-state index contributed by atoms with van der Waals surface area (Å²) in [6.45, 7) is 0. The molecule has 0 unspecified atom stereocenters. The minimum absolute atomic E-state index is 0.0767. The molecule has 0 aromatic heterocycles. The second kappa shape index (κ2) is 5.43. The van der Waals surface area contributed by atoms with E-state index in [1.54, 1.807) is 0 Å². The van der Waals surface area contributed by atoms with Crippen LogP contribution in [-0.4, -0.2) is 9.85 Å². The zero-order valence-electron chi connectivity index (χ0n) is 10.7. The summed E-state index contributed by atoms with van der Waals surface area (Å²) in [6, 6.07) is 7.42. The van der Waals surface area contributed by atoms with Gasteiger partial charge in [-0.25, -0.2) is 0 Å². The fourth-order valence-corrected chi connectivity index (χ4v) is 1.88. The Morgan fingerprint density at radius 1 is 0.818 bits per heavy atom. The molecule has 0 saturated heterocycles. The van der Waals surface area contributed by atoms with Gasteiger partial charge in [0.15, 0.2) is 0 Å². The highest BCUT2D eigenvalue weighted by Gasteiger charge is 2.38. The molecule has 0 bridgehead atoms. The Morgan fingerprint density at radius 2 is 1.36 bits per heavy atom. The zero-order valence-corrected chi connectivity index (χ0v) is 10.7. The molecule has 0 heterocycles. The van der Waals surface area contributed by atoms with Gasteiger partial charge >= 0.3 is 6.18 Å². The summed E-state index contributed by atoms with van der Waals surface area (Å²) in [6.07, 6.45) is -4.88. The maximum absolute atomic E-state index is 12.9. The molecule has 0 aliphatic rings. The minimum Gasteiger partial charge on any atom is -0.258 e. The van der Waals surface area contributed by atoms with Crippen molar-refractivity contribution in [2.24, 2.45) is 0 Å². The Hall–Kier alpha value is -2.97. The van der Waals surface area contributed by atoms with Crippen LogP contribution in [0.5, 0.6) is 0 Å². The lowest BCUT2D eigenvalue weighted by Gasteiger charge is -2.09. The van der Waals surface area contributed by atoms with Gasteiger partial charge < -0.3 is 0 Å². The van der Waals surface area contributed by atoms with Gasteiger partial charge in [-0.05, 0) is 35.4 Å². The molecule has 2 aromatic rings. The predicted molar refractivity (Wildman–Crippen MR) is 70.2 cm³/mol. The normalized spacial score (nSPS) is 11.2. The van der Waals surface area contributed by atoms with Gasteiger partial charge in [-0.1, -0.05) is 0 Å². The third-order valence-electron chi connectivity index (χ3n) is 2.91.